The monoisotopic (exact) mass is 484 g/mol. The molecule has 0 fully saturated rings. The number of hydrogen-bond acceptors (Lipinski definition) is 4. The van der Waals surface area contributed by atoms with Crippen molar-refractivity contribution in [3.05, 3.63) is 87.7 Å². The average Bonchev–Trinajstić information content (AvgIpc) is 2.72. The molecule has 0 aliphatic heterocycles. The number of carboxylic acids is 1. The summed E-state index contributed by atoms with van der Waals surface area (Å²) in [5.41, 5.74) is -2.49. The summed E-state index contributed by atoms with van der Waals surface area (Å²) in [5.74, 6) is -2.54. The second kappa shape index (κ2) is 8.97. The number of benzene rings is 2. The van der Waals surface area contributed by atoms with E-state index in [1.165, 1.54) is 37.3 Å². The Morgan fingerprint density at radius 3 is 2.19 bits per heavy atom. The molecule has 3 rings (SSSR count). The molecule has 0 radical (unpaired) electrons. The number of aliphatic hydroxyl groups is 1. The maximum atomic E-state index is 14.0. The van der Waals surface area contributed by atoms with Gasteiger partial charge in [0.05, 0.1) is 5.56 Å². The molecule has 2 aromatic carbocycles. The Labute approximate surface area is 191 Å². The molecule has 10 heteroatoms. The molecule has 2 atom stereocenters. The number of halogens is 5. The van der Waals surface area contributed by atoms with E-state index < -0.39 is 29.2 Å². The fourth-order valence-corrected chi connectivity index (χ4v) is 3.86. The van der Waals surface area contributed by atoms with Crippen molar-refractivity contribution in [2.45, 2.75) is 24.6 Å². The Balaban J connectivity index is 1.93. The Hall–Kier alpha value is -2.81. The zero-order valence-corrected chi connectivity index (χ0v) is 18.0. The molecule has 1 heterocycles. The number of alkyl halides is 3. The van der Waals surface area contributed by atoms with E-state index in [1.54, 1.807) is 12.1 Å². The highest BCUT2D eigenvalue weighted by molar-refractivity contribution is 6.31. The van der Waals surface area contributed by atoms with E-state index >= 15 is 0 Å². The van der Waals surface area contributed by atoms with E-state index in [2.05, 4.69) is 10.3 Å². The maximum Gasteiger partial charge on any atom is 0.422 e. The lowest BCUT2D eigenvalue weighted by molar-refractivity contribution is -0.274. The Morgan fingerprint density at radius 2 is 1.66 bits per heavy atom. The number of nitrogens with one attached hydrogen (secondary N) is 1. The van der Waals surface area contributed by atoms with Gasteiger partial charge in [-0.2, -0.15) is 13.2 Å². The van der Waals surface area contributed by atoms with Gasteiger partial charge in [-0.25, -0.2) is 9.78 Å². The largest absolute Gasteiger partial charge is 0.478 e. The lowest BCUT2D eigenvalue weighted by atomic mass is 9.78. The van der Waals surface area contributed by atoms with E-state index in [4.69, 9.17) is 28.3 Å². The molecular formula is C22H17Cl2F3N2O3. The highest BCUT2D eigenvalue weighted by atomic mass is 35.5. The van der Waals surface area contributed by atoms with Crippen LogP contribution in [-0.4, -0.2) is 27.3 Å². The Morgan fingerprint density at radius 1 is 1.03 bits per heavy atom. The van der Waals surface area contributed by atoms with Gasteiger partial charge in [0.1, 0.15) is 5.15 Å². The lowest BCUT2D eigenvalue weighted by Gasteiger charge is -2.37. The molecular weight excluding hydrogens is 468 g/mol. The summed E-state index contributed by atoms with van der Waals surface area (Å²) in [7, 11) is 0. The molecule has 168 valence electrons. The molecule has 3 aromatic rings. The molecule has 2 unspecified atom stereocenters. The molecule has 0 aliphatic rings. The minimum absolute atomic E-state index is 0.00693. The minimum Gasteiger partial charge on any atom is -0.478 e. The summed E-state index contributed by atoms with van der Waals surface area (Å²) in [6.07, 6.45) is -3.94. The second-order valence-electron chi connectivity index (χ2n) is 7.10. The van der Waals surface area contributed by atoms with Gasteiger partial charge in [0.25, 0.3) is 0 Å². The van der Waals surface area contributed by atoms with Crippen LogP contribution in [0.25, 0.3) is 0 Å². The van der Waals surface area contributed by atoms with Crippen LogP contribution in [0.4, 0.5) is 24.5 Å². The van der Waals surface area contributed by atoms with Crippen LogP contribution in [0.5, 0.6) is 0 Å². The fourth-order valence-electron chi connectivity index (χ4n) is 3.34. The third kappa shape index (κ3) is 4.67. The Bertz CT molecular complexity index is 1140. The van der Waals surface area contributed by atoms with Crippen molar-refractivity contribution in [3.8, 4) is 0 Å². The summed E-state index contributed by atoms with van der Waals surface area (Å²) >= 11 is 12.0. The van der Waals surface area contributed by atoms with Gasteiger partial charge < -0.3 is 15.5 Å². The van der Waals surface area contributed by atoms with Gasteiger partial charge in [0.15, 0.2) is 5.60 Å². The summed E-state index contributed by atoms with van der Waals surface area (Å²) in [6, 6.07) is 12.3. The highest BCUT2D eigenvalue weighted by Crippen LogP contribution is 2.50. The van der Waals surface area contributed by atoms with Gasteiger partial charge in [-0.3, -0.25) is 0 Å². The number of aromatic nitrogens is 1. The van der Waals surface area contributed by atoms with Crippen LogP contribution in [-0.2, 0) is 5.60 Å². The first-order valence-corrected chi connectivity index (χ1v) is 10.00. The fraction of sp³-hybridized carbons (Fsp3) is 0.182. The minimum atomic E-state index is -5.02. The van der Waals surface area contributed by atoms with Gasteiger partial charge in [0.2, 0.25) is 0 Å². The standard InChI is InChI=1S/C22H17Cl2F3N2O3/c1-12(21(32,22(25,26)27)14-8-9-28-19(24)10-14)17-7-6-16(11-18(17)23)29-15-4-2-13(3-5-15)20(30)31/h2-12,29,32H,1H3,(H,30,31). The SMILES string of the molecule is CC(c1ccc(Nc2ccc(C(=O)O)cc2)cc1Cl)C(O)(c1ccnc(Cl)c1)C(F)(F)F. The molecule has 1 aromatic heterocycles. The predicted octanol–water partition coefficient (Wildman–Crippen LogP) is 6.38. The number of rotatable bonds is 6. The van der Waals surface area contributed by atoms with Crippen molar-refractivity contribution in [1.82, 2.24) is 4.98 Å². The first kappa shape index (κ1) is 23.8. The van der Waals surface area contributed by atoms with E-state index in [9.17, 15) is 23.1 Å². The van der Waals surface area contributed by atoms with E-state index in [0.29, 0.717) is 11.4 Å². The molecule has 0 saturated heterocycles. The highest BCUT2D eigenvalue weighted by Gasteiger charge is 2.59. The van der Waals surface area contributed by atoms with E-state index in [-0.39, 0.29) is 21.3 Å². The quantitative estimate of drug-likeness (QED) is 0.353. The number of carboxylic acid groups (broad SMARTS) is 1. The van der Waals surface area contributed by atoms with Crippen LogP contribution < -0.4 is 5.32 Å². The van der Waals surface area contributed by atoms with Crippen molar-refractivity contribution >= 4 is 40.5 Å². The van der Waals surface area contributed by atoms with Crippen molar-refractivity contribution < 1.29 is 28.2 Å². The van der Waals surface area contributed by atoms with Crippen LogP contribution in [0.2, 0.25) is 10.2 Å². The van der Waals surface area contributed by atoms with Crippen molar-refractivity contribution in [1.29, 1.82) is 0 Å². The molecule has 0 amide bonds. The third-order valence-electron chi connectivity index (χ3n) is 5.11. The van der Waals surface area contributed by atoms with Crippen molar-refractivity contribution in [2.24, 2.45) is 0 Å². The molecule has 3 N–H and O–H groups in total. The second-order valence-corrected chi connectivity index (χ2v) is 7.89. The molecule has 0 saturated carbocycles. The van der Waals surface area contributed by atoms with Crippen molar-refractivity contribution in [3.63, 3.8) is 0 Å². The van der Waals surface area contributed by atoms with Crippen LogP contribution in [0, 0.1) is 0 Å². The zero-order chi connectivity index (χ0) is 23.7. The smallest absolute Gasteiger partial charge is 0.422 e. The topological polar surface area (TPSA) is 82.5 Å². The van der Waals surface area contributed by atoms with Crippen molar-refractivity contribution in [2.75, 3.05) is 5.32 Å². The number of pyridine rings is 1. The number of anilines is 2. The third-order valence-corrected chi connectivity index (χ3v) is 5.65. The van der Waals surface area contributed by atoms with Gasteiger partial charge >= 0.3 is 12.1 Å². The first-order valence-electron chi connectivity index (χ1n) is 9.24. The van der Waals surface area contributed by atoms with E-state index in [0.717, 1.165) is 18.3 Å². The van der Waals surface area contributed by atoms with Gasteiger partial charge in [-0.1, -0.05) is 36.2 Å². The maximum absolute atomic E-state index is 14.0. The number of nitrogens with zero attached hydrogens (tertiary/aromatic N) is 1. The summed E-state index contributed by atoms with van der Waals surface area (Å²) in [5, 5.41) is 22.6. The first-order chi connectivity index (χ1) is 14.9. The summed E-state index contributed by atoms with van der Waals surface area (Å²) in [6.45, 7) is 1.22. The molecule has 5 nitrogen and oxygen atoms in total. The van der Waals surface area contributed by atoms with Crippen LogP contribution in [0.3, 0.4) is 0 Å². The van der Waals surface area contributed by atoms with Gasteiger partial charge in [0, 0.05) is 28.5 Å². The average molecular weight is 485 g/mol. The number of carbonyl (C=O) groups is 1. The lowest BCUT2D eigenvalue weighted by Crippen LogP contribution is -2.46. The van der Waals surface area contributed by atoms with Gasteiger partial charge in [-0.05, 0) is 59.7 Å². The normalized spacial score (nSPS) is 14.5. The van der Waals surface area contributed by atoms with Crippen LogP contribution >= 0.6 is 23.2 Å². The van der Waals surface area contributed by atoms with Crippen LogP contribution in [0.15, 0.2) is 60.8 Å². The Kier molecular flexibility index (Phi) is 6.69. The molecule has 32 heavy (non-hydrogen) atoms. The zero-order valence-electron chi connectivity index (χ0n) is 16.5. The number of hydrogen-bond donors (Lipinski definition) is 3. The van der Waals surface area contributed by atoms with Gasteiger partial charge in [-0.15, -0.1) is 0 Å². The molecule has 0 spiro atoms. The van der Waals surface area contributed by atoms with E-state index in [1.807, 2.05) is 0 Å². The summed E-state index contributed by atoms with van der Waals surface area (Å²) in [4.78, 5) is 14.6. The molecule has 0 bridgehead atoms. The predicted molar refractivity (Wildman–Crippen MR) is 116 cm³/mol. The molecule has 0 aliphatic carbocycles. The number of aromatic carboxylic acids is 1. The van der Waals surface area contributed by atoms with Crippen LogP contribution in [0.1, 0.15) is 34.3 Å². The summed E-state index contributed by atoms with van der Waals surface area (Å²) < 4.78 is 42.1.